The molecule has 0 saturated heterocycles. The summed E-state index contributed by atoms with van der Waals surface area (Å²) in [5, 5.41) is 0. The van der Waals surface area contributed by atoms with Crippen molar-refractivity contribution in [3.63, 3.8) is 0 Å². The summed E-state index contributed by atoms with van der Waals surface area (Å²) >= 11 is 6.45. The van der Waals surface area contributed by atoms with Gasteiger partial charge in [-0.2, -0.15) is 0 Å². The Morgan fingerprint density at radius 2 is 1.85 bits per heavy atom. The summed E-state index contributed by atoms with van der Waals surface area (Å²) in [4.78, 5) is 0. The molecule has 0 amide bonds. The molecule has 1 aromatic carbocycles. The Kier molecular flexibility index (Phi) is 4.35. The Morgan fingerprint density at radius 1 is 1.23 bits per heavy atom. The summed E-state index contributed by atoms with van der Waals surface area (Å²) in [7, 11) is 0. The van der Waals surface area contributed by atoms with Crippen molar-refractivity contribution < 1.29 is 4.39 Å². The van der Waals surface area contributed by atoms with Gasteiger partial charge in [-0.3, -0.25) is 0 Å². The maximum absolute atomic E-state index is 13.5. The average molecular weight is 311 g/mol. The maximum atomic E-state index is 13.5. The van der Waals surface area contributed by atoms with Gasteiger partial charge in [0.2, 0.25) is 0 Å². The molecule has 0 fully saturated rings. The van der Waals surface area contributed by atoms with Gasteiger partial charge in [-0.15, -0.1) is 0 Å². The molecule has 0 saturated carbocycles. The smallest absolute Gasteiger partial charge is 0.141 e. The zero-order valence-electron chi connectivity index (χ0n) is 6.99. The first-order chi connectivity index (χ1) is 6.16. The topological polar surface area (TPSA) is 26.0 Å². The zero-order valence-corrected chi connectivity index (χ0v) is 10.2. The second-order valence-corrected chi connectivity index (χ2v) is 4.42. The van der Waals surface area contributed by atoms with E-state index in [4.69, 9.17) is 5.73 Å². The van der Waals surface area contributed by atoms with E-state index < -0.39 is 0 Å². The van der Waals surface area contributed by atoms with Gasteiger partial charge in [-0.05, 0) is 47.4 Å². The van der Waals surface area contributed by atoms with E-state index >= 15 is 0 Å². The molecule has 0 bridgehead atoms. The Labute approximate surface area is 93.8 Å². The van der Waals surface area contributed by atoms with Crippen LogP contribution >= 0.6 is 31.9 Å². The standard InChI is InChI=1S/C9H10Br2FN/c10-7-3-4-8(11)9(12)6(7)2-1-5-13/h3-4H,1-2,5,13H2. The maximum Gasteiger partial charge on any atom is 0.141 e. The van der Waals surface area contributed by atoms with Crippen molar-refractivity contribution >= 4 is 31.9 Å². The van der Waals surface area contributed by atoms with Crippen molar-refractivity contribution in [2.45, 2.75) is 12.8 Å². The molecule has 0 spiro atoms. The Hall–Kier alpha value is 0.0700. The summed E-state index contributed by atoms with van der Waals surface area (Å²) in [6.45, 7) is 0.582. The average Bonchev–Trinajstić information content (AvgIpc) is 2.12. The molecule has 0 heterocycles. The van der Waals surface area contributed by atoms with Gasteiger partial charge in [-0.25, -0.2) is 4.39 Å². The Bertz CT molecular complexity index is 302. The number of hydrogen-bond acceptors (Lipinski definition) is 1. The molecule has 0 unspecified atom stereocenters. The van der Waals surface area contributed by atoms with E-state index in [2.05, 4.69) is 31.9 Å². The molecule has 0 radical (unpaired) electrons. The highest BCUT2D eigenvalue weighted by Crippen LogP contribution is 2.26. The highest BCUT2D eigenvalue weighted by atomic mass is 79.9. The largest absolute Gasteiger partial charge is 0.330 e. The molecule has 1 rings (SSSR count). The third kappa shape index (κ3) is 2.76. The Balaban J connectivity index is 2.96. The van der Waals surface area contributed by atoms with Gasteiger partial charge in [0.15, 0.2) is 0 Å². The van der Waals surface area contributed by atoms with Gasteiger partial charge in [0.05, 0.1) is 4.47 Å². The van der Waals surface area contributed by atoms with Crippen LogP contribution in [0.25, 0.3) is 0 Å². The summed E-state index contributed by atoms with van der Waals surface area (Å²) in [5.74, 6) is -0.192. The lowest BCUT2D eigenvalue weighted by Crippen LogP contribution is -2.02. The minimum absolute atomic E-state index is 0.192. The predicted molar refractivity (Wildman–Crippen MR) is 59.2 cm³/mol. The second-order valence-electron chi connectivity index (χ2n) is 2.71. The fourth-order valence-corrected chi connectivity index (χ4v) is 1.95. The summed E-state index contributed by atoms with van der Waals surface area (Å²) in [5.41, 5.74) is 6.06. The van der Waals surface area contributed by atoms with Gasteiger partial charge in [-0.1, -0.05) is 15.9 Å². The van der Waals surface area contributed by atoms with Gasteiger partial charge in [0.1, 0.15) is 5.82 Å². The van der Waals surface area contributed by atoms with Crippen LogP contribution in [0.4, 0.5) is 4.39 Å². The van der Waals surface area contributed by atoms with E-state index in [0.717, 1.165) is 10.9 Å². The molecular weight excluding hydrogens is 301 g/mol. The summed E-state index contributed by atoms with van der Waals surface area (Å²) in [6, 6.07) is 3.52. The monoisotopic (exact) mass is 309 g/mol. The molecule has 0 atom stereocenters. The molecule has 72 valence electrons. The molecule has 2 N–H and O–H groups in total. The first-order valence-electron chi connectivity index (χ1n) is 3.99. The molecule has 1 nitrogen and oxygen atoms in total. The van der Waals surface area contributed by atoms with E-state index in [-0.39, 0.29) is 5.82 Å². The van der Waals surface area contributed by atoms with E-state index in [1.54, 1.807) is 6.07 Å². The first kappa shape index (κ1) is 11.1. The second kappa shape index (κ2) is 5.08. The van der Waals surface area contributed by atoms with Crippen molar-refractivity contribution in [3.8, 4) is 0 Å². The highest BCUT2D eigenvalue weighted by Gasteiger charge is 2.09. The molecule has 0 aliphatic carbocycles. The van der Waals surface area contributed by atoms with Crippen LogP contribution in [0.5, 0.6) is 0 Å². The van der Waals surface area contributed by atoms with Crippen molar-refractivity contribution in [1.29, 1.82) is 0 Å². The fourth-order valence-electron chi connectivity index (χ4n) is 1.08. The van der Waals surface area contributed by atoms with E-state index in [1.807, 2.05) is 6.07 Å². The molecule has 1 aromatic rings. The van der Waals surface area contributed by atoms with Crippen LogP contribution in [0.15, 0.2) is 21.1 Å². The summed E-state index contributed by atoms with van der Waals surface area (Å²) < 4.78 is 14.8. The third-order valence-electron chi connectivity index (χ3n) is 1.77. The first-order valence-corrected chi connectivity index (χ1v) is 5.58. The van der Waals surface area contributed by atoms with Gasteiger partial charge in [0.25, 0.3) is 0 Å². The number of nitrogens with two attached hydrogens (primary N) is 1. The van der Waals surface area contributed by atoms with Crippen molar-refractivity contribution in [2.75, 3.05) is 6.54 Å². The molecular formula is C9H10Br2FN. The third-order valence-corrected chi connectivity index (χ3v) is 3.13. The van der Waals surface area contributed by atoms with Crippen LogP contribution in [0.1, 0.15) is 12.0 Å². The van der Waals surface area contributed by atoms with Crippen molar-refractivity contribution in [1.82, 2.24) is 0 Å². The highest BCUT2D eigenvalue weighted by molar-refractivity contribution is 9.11. The minimum atomic E-state index is -0.192. The fraction of sp³-hybridized carbons (Fsp3) is 0.333. The van der Waals surface area contributed by atoms with Gasteiger partial charge in [0, 0.05) is 10.0 Å². The quantitative estimate of drug-likeness (QED) is 0.852. The molecule has 13 heavy (non-hydrogen) atoms. The van der Waals surface area contributed by atoms with E-state index in [1.165, 1.54) is 0 Å². The van der Waals surface area contributed by atoms with Crippen LogP contribution in [0.2, 0.25) is 0 Å². The molecule has 0 aliphatic heterocycles. The predicted octanol–water partition coefficient (Wildman–Crippen LogP) is 3.24. The minimum Gasteiger partial charge on any atom is -0.330 e. The lowest BCUT2D eigenvalue weighted by atomic mass is 10.1. The van der Waals surface area contributed by atoms with Crippen molar-refractivity contribution in [2.24, 2.45) is 5.73 Å². The number of hydrogen-bond donors (Lipinski definition) is 1. The number of benzene rings is 1. The van der Waals surface area contributed by atoms with Gasteiger partial charge >= 0.3 is 0 Å². The molecule has 4 heteroatoms. The normalized spacial score (nSPS) is 10.5. The van der Waals surface area contributed by atoms with Crippen LogP contribution in [-0.4, -0.2) is 6.54 Å². The lowest BCUT2D eigenvalue weighted by Gasteiger charge is -2.06. The zero-order chi connectivity index (χ0) is 9.84. The van der Waals surface area contributed by atoms with Crippen LogP contribution in [-0.2, 0) is 6.42 Å². The SMILES string of the molecule is NCCCc1c(Br)ccc(Br)c1F. The molecule has 0 aromatic heterocycles. The van der Waals surface area contributed by atoms with Crippen LogP contribution < -0.4 is 5.73 Å². The van der Waals surface area contributed by atoms with E-state index in [9.17, 15) is 4.39 Å². The molecule has 0 aliphatic rings. The van der Waals surface area contributed by atoms with Crippen molar-refractivity contribution in [3.05, 3.63) is 32.5 Å². The number of halogens is 3. The Morgan fingerprint density at radius 3 is 2.46 bits per heavy atom. The van der Waals surface area contributed by atoms with E-state index in [0.29, 0.717) is 23.0 Å². The van der Waals surface area contributed by atoms with Gasteiger partial charge < -0.3 is 5.73 Å². The summed E-state index contributed by atoms with van der Waals surface area (Å²) in [6.07, 6.45) is 1.47. The van der Waals surface area contributed by atoms with Crippen LogP contribution in [0.3, 0.4) is 0 Å². The van der Waals surface area contributed by atoms with Crippen LogP contribution in [0, 0.1) is 5.82 Å². The lowest BCUT2D eigenvalue weighted by molar-refractivity contribution is 0.597. The number of rotatable bonds is 3.